The van der Waals surface area contributed by atoms with Gasteiger partial charge in [0.1, 0.15) is 13.2 Å². The van der Waals surface area contributed by atoms with Crippen LogP contribution >= 0.6 is 0 Å². The standard InChI is InChI=1S/C63H120O6/c1-4-7-10-13-16-19-22-25-27-29-31-33-35-38-41-44-47-50-53-56-62(65)68-59-60(58-67-61(64)55-52-49-46-43-40-37-24-21-18-15-12-9-6-3)69-63(66)57-54-51-48-45-42-39-36-34-32-30-28-26-23-20-17-14-11-8-5-2/h25,27,60H,4-24,26,28-59H2,1-3H3/b27-25-/t60-/m1/s1. The van der Waals surface area contributed by atoms with Crippen LogP contribution in [-0.2, 0) is 28.6 Å². The van der Waals surface area contributed by atoms with Crippen LogP contribution in [0, 0.1) is 0 Å². The summed E-state index contributed by atoms with van der Waals surface area (Å²) < 4.78 is 16.9. The van der Waals surface area contributed by atoms with Crippen LogP contribution in [0.25, 0.3) is 0 Å². The van der Waals surface area contributed by atoms with Gasteiger partial charge in [0.05, 0.1) is 0 Å². The fraction of sp³-hybridized carbons (Fsp3) is 0.921. The molecular weight excluding hydrogens is 853 g/mol. The lowest BCUT2D eigenvalue weighted by Crippen LogP contribution is -2.30. The lowest BCUT2D eigenvalue weighted by atomic mass is 10.0. The van der Waals surface area contributed by atoms with Gasteiger partial charge in [0, 0.05) is 19.3 Å². The zero-order chi connectivity index (χ0) is 50.0. The average Bonchev–Trinajstić information content (AvgIpc) is 3.35. The maximum Gasteiger partial charge on any atom is 0.306 e. The largest absolute Gasteiger partial charge is 0.462 e. The summed E-state index contributed by atoms with van der Waals surface area (Å²) in [5.41, 5.74) is 0. The number of hydrogen-bond donors (Lipinski definition) is 0. The topological polar surface area (TPSA) is 78.9 Å². The highest BCUT2D eigenvalue weighted by Gasteiger charge is 2.19. The Morgan fingerprint density at radius 1 is 0.275 bits per heavy atom. The van der Waals surface area contributed by atoms with Crippen LogP contribution in [0.3, 0.4) is 0 Å². The number of rotatable bonds is 58. The minimum atomic E-state index is -0.765. The number of allylic oxidation sites excluding steroid dienone is 2. The van der Waals surface area contributed by atoms with E-state index in [4.69, 9.17) is 14.2 Å². The molecule has 0 N–H and O–H groups in total. The van der Waals surface area contributed by atoms with Crippen LogP contribution in [0.15, 0.2) is 12.2 Å². The first-order valence-electron chi connectivity index (χ1n) is 31.2. The Morgan fingerprint density at radius 2 is 0.478 bits per heavy atom. The van der Waals surface area contributed by atoms with Crippen molar-refractivity contribution in [2.45, 2.75) is 361 Å². The summed E-state index contributed by atoms with van der Waals surface area (Å²) in [6.07, 6.45) is 67.8. The van der Waals surface area contributed by atoms with Crippen molar-refractivity contribution >= 4 is 17.9 Å². The molecule has 0 aliphatic carbocycles. The maximum absolute atomic E-state index is 12.9. The van der Waals surface area contributed by atoms with Crippen molar-refractivity contribution in [1.82, 2.24) is 0 Å². The summed E-state index contributed by atoms with van der Waals surface area (Å²) in [5.74, 6) is -0.837. The van der Waals surface area contributed by atoms with Gasteiger partial charge in [-0.05, 0) is 44.9 Å². The van der Waals surface area contributed by atoms with Crippen molar-refractivity contribution < 1.29 is 28.6 Å². The van der Waals surface area contributed by atoms with Crippen molar-refractivity contribution in [2.24, 2.45) is 0 Å². The van der Waals surface area contributed by atoms with E-state index >= 15 is 0 Å². The van der Waals surface area contributed by atoms with Gasteiger partial charge in [-0.25, -0.2) is 0 Å². The number of hydrogen-bond acceptors (Lipinski definition) is 6. The molecule has 0 aliphatic rings. The molecule has 0 aliphatic heterocycles. The molecule has 6 nitrogen and oxygen atoms in total. The summed E-state index contributed by atoms with van der Waals surface area (Å²) in [7, 11) is 0. The molecule has 408 valence electrons. The lowest BCUT2D eigenvalue weighted by molar-refractivity contribution is -0.167. The number of esters is 3. The van der Waals surface area contributed by atoms with Crippen LogP contribution < -0.4 is 0 Å². The molecule has 0 bridgehead atoms. The Hall–Kier alpha value is -1.85. The first-order chi connectivity index (χ1) is 34.0. The summed E-state index contributed by atoms with van der Waals surface area (Å²) in [5, 5.41) is 0. The van der Waals surface area contributed by atoms with Crippen LogP contribution in [-0.4, -0.2) is 37.2 Å². The van der Waals surface area contributed by atoms with Crippen LogP contribution in [0.2, 0.25) is 0 Å². The fourth-order valence-corrected chi connectivity index (χ4v) is 9.56. The first kappa shape index (κ1) is 67.1. The highest BCUT2D eigenvalue weighted by molar-refractivity contribution is 5.71. The number of ether oxygens (including phenoxy) is 3. The van der Waals surface area contributed by atoms with E-state index in [9.17, 15) is 14.4 Å². The predicted octanol–water partition coefficient (Wildman–Crippen LogP) is 20.9. The van der Waals surface area contributed by atoms with Crippen molar-refractivity contribution in [3.8, 4) is 0 Å². The van der Waals surface area contributed by atoms with E-state index in [0.717, 1.165) is 57.8 Å². The Labute approximate surface area is 431 Å². The Bertz CT molecular complexity index is 1070. The van der Waals surface area contributed by atoms with Gasteiger partial charge in [-0.1, -0.05) is 303 Å². The van der Waals surface area contributed by atoms with E-state index in [0.29, 0.717) is 19.3 Å². The second-order valence-corrected chi connectivity index (χ2v) is 21.3. The smallest absolute Gasteiger partial charge is 0.306 e. The molecule has 1 atom stereocenters. The van der Waals surface area contributed by atoms with Gasteiger partial charge >= 0.3 is 17.9 Å². The molecule has 0 spiro atoms. The monoisotopic (exact) mass is 973 g/mol. The second kappa shape index (κ2) is 58.7. The molecule has 0 unspecified atom stereocenters. The minimum Gasteiger partial charge on any atom is -0.462 e. The SMILES string of the molecule is CCCCCCCC/C=C\CCCCCCCCCCCC(=O)OC[C@@H](COC(=O)CCCCCCCCCCCCCCC)OC(=O)CCCCCCCCCCCCCCCCCCCCC. The predicted molar refractivity (Wildman–Crippen MR) is 298 cm³/mol. The third kappa shape index (κ3) is 56.9. The lowest BCUT2D eigenvalue weighted by Gasteiger charge is -2.18. The normalized spacial score (nSPS) is 12.0. The highest BCUT2D eigenvalue weighted by Crippen LogP contribution is 2.18. The van der Waals surface area contributed by atoms with Crippen LogP contribution in [0.1, 0.15) is 355 Å². The molecule has 0 saturated carbocycles. The average molecular weight is 974 g/mol. The van der Waals surface area contributed by atoms with Crippen molar-refractivity contribution in [3.63, 3.8) is 0 Å². The van der Waals surface area contributed by atoms with E-state index in [-0.39, 0.29) is 31.1 Å². The van der Waals surface area contributed by atoms with Gasteiger partial charge in [0.2, 0.25) is 0 Å². The Kier molecular flexibility index (Phi) is 57.1. The van der Waals surface area contributed by atoms with E-state index in [1.54, 1.807) is 0 Å². The summed E-state index contributed by atoms with van der Waals surface area (Å²) in [6, 6.07) is 0. The zero-order valence-corrected chi connectivity index (χ0v) is 46.9. The molecule has 6 heteroatoms. The first-order valence-corrected chi connectivity index (χ1v) is 31.2. The van der Waals surface area contributed by atoms with Gasteiger partial charge in [-0.3, -0.25) is 14.4 Å². The molecule has 0 aromatic heterocycles. The number of carbonyl (C=O) groups excluding carboxylic acids is 3. The van der Waals surface area contributed by atoms with E-state index in [1.807, 2.05) is 0 Å². The van der Waals surface area contributed by atoms with Gasteiger partial charge in [-0.2, -0.15) is 0 Å². The quantitative estimate of drug-likeness (QED) is 0.0261. The van der Waals surface area contributed by atoms with E-state index in [2.05, 4.69) is 32.9 Å². The molecule has 0 saturated heterocycles. The molecule has 0 amide bonds. The van der Waals surface area contributed by atoms with Gasteiger partial charge in [0.25, 0.3) is 0 Å². The molecule has 0 fully saturated rings. The van der Waals surface area contributed by atoms with Crippen molar-refractivity contribution in [3.05, 3.63) is 12.2 Å². The van der Waals surface area contributed by atoms with E-state index < -0.39 is 6.10 Å². The van der Waals surface area contributed by atoms with Crippen LogP contribution in [0.5, 0.6) is 0 Å². The highest BCUT2D eigenvalue weighted by atomic mass is 16.6. The van der Waals surface area contributed by atoms with E-state index in [1.165, 1.54) is 257 Å². The Morgan fingerprint density at radius 3 is 0.725 bits per heavy atom. The fourth-order valence-electron chi connectivity index (χ4n) is 9.56. The third-order valence-corrected chi connectivity index (χ3v) is 14.3. The summed E-state index contributed by atoms with van der Waals surface area (Å²) in [6.45, 7) is 6.70. The van der Waals surface area contributed by atoms with Gasteiger partial charge in [0.15, 0.2) is 6.10 Å². The molecular formula is C63H120O6. The summed E-state index contributed by atoms with van der Waals surface area (Å²) in [4.78, 5) is 38.2. The molecule has 0 radical (unpaired) electrons. The maximum atomic E-state index is 12.9. The van der Waals surface area contributed by atoms with Gasteiger partial charge < -0.3 is 14.2 Å². The number of carbonyl (C=O) groups is 3. The number of unbranched alkanes of at least 4 members (excludes halogenated alkanes) is 45. The summed E-state index contributed by atoms with van der Waals surface area (Å²) >= 11 is 0. The molecule has 0 rings (SSSR count). The van der Waals surface area contributed by atoms with Crippen molar-refractivity contribution in [2.75, 3.05) is 13.2 Å². The van der Waals surface area contributed by atoms with Gasteiger partial charge in [-0.15, -0.1) is 0 Å². The minimum absolute atomic E-state index is 0.0640. The molecule has 0 aromatic carbocycles. The Balaban J connectivity index is 4.28. The van der Waals surface area contributed by atoms with Crippen LogP contribution in [0.4, 0.5) is 0 Å². The second-order valence-electron chi connectivity index (χ2n) is 21.3. The molecule has 69 heavy (non-hydrogen) atoms. The molecule has 0 aromatic rings. The third-order valence-electron chi connectivity index (χ3n) is 14.3. The zero-order valence-electron chi connectivity index (χ0n) is 46.9. The van der Waals surface area contributed by atoms with Crippen molar-refractivity contribution in [1.29, 1.82) is 0 Å². The molecule has 0 heterocycles.